The van der Waals surface area contributed by atoms with Crippen molar-refractivity contribution in [2.24, 2.45) is 10.9 Å². The van der Waals surface area contributed by atoms with E-state index in [2.05, 4.69) is 26.4 Å². The van der Waals surface area contributed by atoms with E-state index in [1.165, 1.54) is 18.2 Å². The molecule has 1 rings (SSSR count). The van der Waals surface area contributed by atoms with Gasteiger partial charge in [-0.2, -0.15) is 13.2 Å². The molecule has 0 aliphatic carbocycles. The van der Waals surface area contributed by atoms with Crippen LogP contribution in [0.25, 0.3) is 0 Å². The van der Waals surface area contributed by atoms with Crippen molar-refractivity contribution < 1.29 is 23.2 Å². The Balaban J connectivity index is 2.85. The Labute approximate surface area is 120 Å². The smallest absolute Gasteiger partial charge is 0.405 e. The summed E-state index contributed by atoms with van der Waals surface area (Å²) in [5.41, 5.74) is 5.67. The van der Waals surface area contributed by atoms with Crippen LogP contribution in [-0.4, -0.2) is 29.8 Å². The summed E-state index contributed by atoms with van der Waals surface area (Å²) in [5.74, 6) is -0.294. The molecule has 1 aromatic carbocycles. The van der Waals surface area contributed by atoms with Gasteiger partial charge in [0.1, 0.15) is 6.54 Å². The largest absolute Gasteiger partial charge is 0.409 e. The summed E-state index contributed by atoms with van der Waals surface area (Å²) in [5, 5.41) is 15.2. The molecule has 110 valence electrons. The quantitative estimate of drug-likeness (QED) is 0.290. The summed E-state index contributed by atoms with van der Waals surface area (Å²) in [6.07, 6.45) is -4.51. The molecule has 10 heteroatoms. The van der Waals surface area contributed by atoms with Crippen LogP contribution in [-0.2, 0) is 0 Å². The number of alkyl halides is 3. The van der Waals surface area contributed by atoms with Crippen LogP contribution in [0.15, 0.2) is 27.8 Å². The van der Waals surface area contributed by atoms with E-state index >= 15 is 0 Å². The van der Waals surface area contributed by atoms with E-state index < -0.39 is 18.8 Å². The number of halogens is 4. The highest BCUT2D eigenvalue weighted by atomic mass is 79.9. The molecule has 1 aromatic rings. The third kappa shape index (κ3) is 4.96. The van der Waals surface area contributed by atoms with Crippen molar-refractivity contribution in [3.63, 3.8) is 0 Å². The lowest BCUT2D eigenvalue weighted by Crippen LogP contribution is -2.37. The molecule has 0 saturated carbocycles. The fraction of sp³-hybridized carbons (Fsp3) is 0.200. The number of carbonyl (C=O) groups is 1. The van der Waals surface area contributed by atoms with E-state index in [1.807, 2.05) is 0 Å². The Morgan fingerprint density at radius 2 is 2.10 bits per heavy atom. The molecule has 0 heterocycles. The number of amidine groups is 1. The van der Waals surface area contributed by atoms with Crippen molar-refractivity contribution in [2.75, 3.05) is 11.9 Å². The number of nitrogens with zero attached hydrogens (tertiary/aromatic N) is 1. The number of carbonyl (C=O) groups excluding carboxylic acids is 1. The predicted octanol–water partition coefficient (Wildman–Crippen LogP) is 2.23. The second-order valence-electron chi connectivity index (χ2n) is 3.60. The number of anilines is 1. The van der Waals surface area contributed by atoms with E-state index in [1.54, 1.807) is 5.32 Å². The van der Waals surface area contributed by atoms with E-state index in [0.29, 0.717) is 4.47 Å². The normalized spacial score (nSPS) is 12.1. The predicted molar refractivity (Wildman–Crippen MR) is 69.7 cm³/mol. The van der Waals surface area contributed by atoms with Gasteiger partial charge in [0.05, 0.1) is 5.69 Å². The lowest BCUT2D eigenvalue weighted by Gasteiger charge is -2.12. The zero-order valence-electron chi connectivity index (χ0n) is 9.83. The van der Waals surface area contributed by atoms with E-state index in [4.69, 9.17) is 10.9 Å². The zero-order chi connectivity index (χ0) is 15.3. The monoisotopic (exact) mass is 354 g/mol. The van der Waals surface area contributed by atoms with Crippen LogP contribution in [0.5, 0.6) is 0 Å². The molecule has 0 aliphatic heterocycles. The molecular weight excluding hydrogens is 345 g/mol. The van der Waals surface area contributed by atoms with E-state index in [0.717, 1.165) is 0 Å². The molecule has 0 spiro atoms. The maximum atomic E-state index is 11.9. The number of benzene rings is 1. The van der Waals surface area contributed by atoms with Crippen LogP contribution in [0.3, 0.4) is 0 Å². The summed E-state index contributed by atoms with van der Waals surface area (Å²) in [4.78, 5) is 11.3. The highest BCUT2D eigenvalue weighted by Gasteiger charge is 2.27. The van der Waals surface area contributed by atoms with Gasteiger partial charge in [0, 0.05) is 10.0 Å². The first-order valence-corrected chi connectivity index (χ1v) is 5.91. The molecule has 0 saturated heterocycles. The highest BCUT2D eigenvalue weighted by Crippen LogP contribution is 2.21. The molecule has 0 aliphatic rings. The molecule has 0 unspecified atom stereocenters. The fourth-order valence-electron chi connectivity index (χ4n) is 1.24. The molecule has 0 radical (unpaired) electrons. The summed E-state index contributed by atoms with van der Waals surface area (Å²) < 4.78 is 36.4. The Kier molecular flexibility index (Phi) is 5.19. The van der Waals surface area contributed by atoms with Gasteiger partial charge in [0.25, 0.3) is 0 Å². The van der Waals surface area contributed by atoms with Crippen molar-refractivity contribution in [3.05, 3.63) is 28.2 Å². The van der Waals surface area contributed by atoms with Gasteiger partial charge in [-0.3, -0.25) is 0 Å². The number of urea groups is 1. The summed E-state index contributed by atoms with van der Waals surface area (Å²) in [6.45, 7) is -1.46. The van der Waals surface area contributed by atoms with Crippen LogP contribution in [0.4, 0.5) is 23.7 Å². The molecule has 5 N–H and O–H groups in total. The summed E-state index contributed by atoms with van der Waals surface area (Å²) in [7, 11) is 0. The number of rotatable bonds is 3. The molecule has 0 bridgehead atoms. The van der Waals surface area contributed by atoms with Crippen molar-refractivity contribution in [2.45, 2.75) is 6.18 Å². The maximum Gasteiger partial charge on any atom is 0.405 e. The first kappa shape index (κ1) is 16.1. The average molecular weight is 355 g/mol. The van der Waals surface area contributed by atoms with Crippen LogP contribution in [0.1, 0.15) is 5.56 Å². The maximum absolute atomic E-state index is 11.9. The number of nitrogens with two attached hydrogens (primary N) is 1. The van der Waals surface area contributed by atoms with Crippen molar-refractivity contribution in [1.82, 2.24) is 5.32 Å². The topological polar surface area (TPSA) is 99.7 Å². The minimum atomic E-state index is -4.51. The Morgan fingerprint density at radius 1 is 1.45 bits per heavy atom. The average Bonchev–Trinajstić information content (AvgIpc) is 2.37. The van der Waals surface area contributed by atoms with Gasteiger partial charge >= 0.3 is 12.2 Å². The molecule has 6 nitrogen and oxygen atoms in total. The van der Waals surface area contributed by atoms with Crippen LogP contribution >= 0.6 is 15.9 Å². The third-order valence-electron chi connectivity index (χ3n) is 2.06. The number of nitrogens with one attached hydrogen (secondary N) is 2. The first-order chi connectivity index (χ1) is 9.23. The van der Waals surface area contributed by atoms with Gasteiger partial charge in [-0.15, -0.1) is 0 Å². The van der Waals surface area contributed by atoms with Crippen LogP contribution < -0.4 is 16.4 Å². The number of oxime groups is 1. The summed E-state index contributed by atoms with van der Waals surface area (Å²) >= 11 is 3.15. The van der Waals surface area contributed by atoms with Crippen molar-refractivity contribution >= 4 is 33.5 Å². The minimum Gasteiger partial charge on any atom is -0.409 e. The second kappa shape index (κ2) is 6.46. The van der Waals surface area contributed by atoms with Gasteiger partial charge in [-0.25, -0.2) is 4.79 Å². The third-order valence-corrected chi connectivity index (χ3v) is 2.56. The molecule has 0 fully saturated rings. The van der Waals surface area contributed by atoms with E-state index in [9.17, 15) is 18.0 Å². The lowest BCUT2D eigenvalue weighted by molar-refractivity contribution is -0.122. The van der Waals surface area contributed by atoms with Crippen molar-refractivity contribution in [1.29, 1.82) is 0 Å². The number of hydrogen-bond acceptors (Lipinski definition) is 3. The Bertz CT molecular complexity index is 534. The number of hydrogen-bond donors (Lipinski definition) is 4. The summed E-state index contributed by atoms with van der Waals surface area (Å²) in [6, 6.07) is 3.31. The molecule has 0 aromatic heterocycles. The molecule has 20 heavy (non-hydrogen) atoms. The first-order valence-electron chi connectivity index (χ1n) is 5.12. The van der Waals surface area contributed by atoms with E-state index in [-0.39, 0.29) is 17.1 Å². The lowest BCUT2D eigenvalue weighted by atomic mass is 10.1. The zero-order valence-corrected chi connectivity index (χ0v) is 11.4. The SMILES string of the molecule is N/C(=N/O)c1cc(Br)ccc1NC(=O)NCC(F)(F)F. The fourth-order valence-corrected chi connectivity index (χ4v) is 1.60. The van der Waals surface area contributed by atoms with Crippen LogP contribution in [0, 0.1) is 0 Å². The Morgan fingerprint density at radius 3 is 2.65 bits per heavy atom. The molecule has 0 atom stereocenters. The van der Waals surface area contributed by atoms with Gasteiger partial charge in [-0.1, -0.05) is 21.1 Å². The van der Waals surface area contributed by atoms with Gasteiger partial charge < -0.3 is 21.6 Å². The second-order valence-corrected chi connectivity index (χ2v) is 4.51. The van der Waals surface area contributed by atoms with Crippen LogP contribution in [0.2, 0.25) is 0 Å². The molecule has 2 amide bonds. The van der Waals surface area contributed by atoms with Gasteiger partial charge in [0.2, 0.25) is 0 Å². The molecular formula is C10H10BrF3N4O2. The Hall–Kier alpha value is -1.97. The minimum absolute atomic E-state index is 0.100. The van der Waals surface area contributed by atoms with Crippen molar-refractivity contribution in [3.8, 4) is 0 Å². The number of amides is 2. The standard InChI is InChI=1S/C10H10BrF3N4O2/c11-5-1-2-7(6(3-5)8(15)18-20)17-9(19)16-4-10(12,13)14/h1-3,20H,4H2,(H2,15,18)(H2,16,17,19). The highest BCUT2D eigenvalue weighted by molar-refractivity contribution is 9.10. The van der Waals surface area contributed by atoms with Gasteiger partial charge in [-0.05, 0) is 18.2 Å². The van der Waals surface area contributed by atoms with Gasteiger partial charge in [0.15, 0.2) is 5.84 Å².